The summed E-state index contributed by atoms with van der Waals surface area (Å²) in [7, 11) is -3.65. The van der Waals surface area contributed by atoms with E-state index in [-0.39, 0.29) is 22.8 Å². The molecule has 1 heterocycles. The third kappa shape index (κ3) is 4.63. The summed E-state index contributed by atoms with van der Waals surface area (Å²) in [5.41, 5.74) is -0.316. The molecule has 1 aromatic rings. The molecule has 0 aliphatic carbocycles. The summed E-state index contributed by atoms with van der Waals surface area (Å²) in [6.45, 7) is 9.45. The van der Waals surface area contributed by atoms with Crippen molar-refractivity contribution >= 4 is 15.9 Å². The minimum atomic E-state index is -3.65. The summed E-state index contributed by atoms with van der Waals surface area (Å²) in [5.74, 6) is -0.323. The molecule has 0 aliphatic rings. The Bertz CT molecular complexity index is 569. The summed E-state index contributed by atoms with van der Waals surface area (Å²) < 4.78 is 30.7. The quantitative estimate of drug-likeness (QED) is 0.899. The van der Waals surface area contributed by atoms with Gasteiger partial charge in [-0.25, -0.2) is 13.1 Å². The summed E-state index contributed by atoms with van der Waals surface area (Å²) in [6, 6.07) is 1.47. The second-order valence-corrected chi connectivity index (χ2v) is 7.82. The molecule has 0 radical (unpaired) electrons. The maximum absolute atomic E-state index is 11.9. The van der Waals surface area contributed by atoms with Crippen LogP contribution in [-0.4, -0.2) is 25.2 Å². The predicted molar refractivity (Wildman–Crippen MR) is 75.9 cm³/mol. The molecule has 0 saturated carbocycles. The van der Waals surface area contributed by atoms with E-state index in [0.717, 1.165) is 6.42 Å². The highest BCUT2D eigenvalue weighted by Gasteiger charge is 2.24. The molecule has 7 heteroatoms. The lowest BCUT2D eigenvalue weighted by Gasteiger charge is -2.12. The van der Waals surface area contributed by atoms with Crippen LogP contribution in [-0.2, 0) is 15.4 Å². The van der Waals surface area contributed by atoms with Crippen molar-refractivity contribution in [2.24, 2.45) is 5.92 Å². The van der Waals surface area contributed by atoms with E-state index in [1.807, 2.05) is 39.3 Å². The fraction of sp³-hybridized carbons (Fsp3) is 0.692. The number of nitrogens with zero attached hydrogens (tertiary/aromatic N) is 1. The largest absolute Gasteiger partial charge is 0.360 e. The topological polar surface area (TPSA) is 89.3 Å². The molecule has 0 aromatic carbocycles. The fourth-order valence-electron chi connectivity index (χ4n) is 1.46. The van der Waals surface area contributed by atoms with Crippen LogP contribution >= 0.6 is 0 Å². The highest BCUT2D eigenvalue weighted by Crippen LogP contribution is 2.22. The van der Waals surface area contributed by atoms with Crippen LogP contribution in [0.1, 0.15) is 57.3 Å². The van der Waals surface area contributed by atoms with E-state index in [9.17, 15) is 13.2 Å². The Labute approximate surface area is 120 Å². The Kier molecular flexibility index (Phi) is 4.96. The molecule has 0 aliphatic heterocycles. The lowest BCUT2D eigenvalue weighted by Crippen LogP contribution is -2.34. The molecule has 1 amide bonds. The maximum atomic E-state index is 11.9. The minimum Gasteiger partial charge on any atom is -0.360 e. The van der Waals surface area contributed by atoms with E-state index in [1.165, 1.54) is 6.07 Å². The van der Waals surface area contributed by atoms with Gasteiger partial charge in [-0.05, 0) is 5.92 Å². The van der Waals surface area contributed by atoms with Crippen LogP contribution in [0.25, 0.3) is 0 Å². The minimum absolute atomic E-state index is 0.0113. The van der Waals surface area contributed by atoms with Crippen molar-refractivity contribution in [1.29, 1.82) is 0 Å². The Morgan fingerprint density at radius 2 is 2.05 bits per heavy atom. The molecular weight excluding hydrogens is 280 g/mol. The second kappa shape index (κ2) is 5.95. The van der Waals surface area contributed by atoms with Crippen molar-refractivity contribution in [2.45, 2.75) is 46.5 Å². The molecule has 0 fully saturated rings. The first kappa shape index (κ1) is 16.7. The first-order valence-electron chi connectivity index (χ1n) is 6.57. The number of carbonyl (C=O) groups is 1. The van der Waals surface area contributed by atoms with E-state index in [2.05, 4.69) is 5.16 Å². The Morgan fingerprint density at radius 1 is 1.45 bits per heavy atom. The van der Waals surface area contributed by atoms with Gasteiger partial charge in [-0.15, -0.1) is 0 Å². The Balaban J connectivity index is 2.79. The van der Waals surface area contributed by atoms with Gasteiger partial charge in [-0.3, -0.25) is 4.79 Å². The van der Waals surface area contributed by atoms with Gasteiger partial charge in [0.2, 0.25) is 10.0 Å². The van der Waals surface area contributed by atoms with Crippen LogP contribution in [0.3, 0.4) is 0 Å². The molecule has 114 valence electrons. The van der Waals surface area contributed by atoms with Gasteiger partial charge >= 0.3 is 0 Å². The Morgan fingerprint density at radius 3 is 2.50 bits per heavy atom. The van der Waals surface area contributed by atoms with E-state index in [0.29, 0.717) is 5.76 Å². The number of rotatable bonds is 5. The third-order valence-electron chi connectivity index (χ3n) is 2.93. The molecule has 0 spiro atoms. The van der Waals surface area contributed by atoms with Gasteiger partial charge in [-0.2, -0.15) is 0 Å². The van der Waals surface area contributed by atoms with Gasteiger partial charge in [-0.1, -0.05) is 46.2 Å². The van der Waals surface area contributed by atoms with E-state index >= 15 is 0 Å². The zero-order chi connectivity index (χ0) is 15.6. The summed E-state index contributed by atoms with van der Waals surface area (Å²) in [5, 5.41) is 3.61. The van der Waals surface area contributed by atoms with Gasteiger partial charge in [0.05, 0.1) is 5.75 Å². The average molecular weight is 302 g/mol. The predicted octanol–water partition coefficient (Wildman–Crippen LogP) is 2.08. The number of amides is 1. The molecule has 1 atom stereocenters. The number of nitrogens with one attached hydrogen (secondary N) is 1. The van der Waals surface area contributed by atoms with Crippen LogP contribution in [0.15, 0.2) is 10.6 Å². The van der Waals surface area contributed by atoms with Gasteiger partial charge in [0.25, 0.3) is 5.91 Å². The fourth-order valence-corrected chi connectivity index (χ4v) is 2.92. The van der Waals surface area contributed by atoms with Crippen LogP contribution in [0.5, 0.6) is 0 Å². The summed E-state index contributed by atoms with van der Waals surface area (Å²) in [6.07, 6.45) is 0.729. The van der Waals surface area contributed by atoms with Crippen LogP contribution in [0, 0.1) is 5.92 Å². The highest BCUT2D eigenvalue weighted by atomic mass is 32.2. The molecule has 1 rings (SSSR count). The molecule has 0 bridgehead atoms. The molecule has 20 heavy (non-hydrogen) atoms. The van der Waals surface area contributed by atoms with E-state index < -0.39 is 15.9 Å². The summed E-state index contributed by atoms with van der Waals surface area (Å²) in [4.78, 5) is 11.9. The standard InChI is InChI=1S/C13H22N2O4S/c1-6-9(2)8-20(17,18)15-12(16)10-7-11(19-14-10)13(3,4)5/h7,9H,6,8H2,1-5H3,(H,15,16). The molecule has 1 N–H and O–H groups in total. The number of hydrogen-bond acceptors (Lipinski definition) is 5. The van der Waals surface area contributed by atoms with Gasteiger partial charge in [0.1, 0.15) is 5.76 Å². The number of aromatic nitrogens is 1. The SMILES string of the molecule is CCC(C)CS(=O)(=O)NC(=O)c1cc(C(C)(C)C)on1. The van der Waals surface area contributed by atoms with Gasteiger partial charge < -0.3 is 4.52 Å². The van der Waals surface area contributed by atoms with Crippen molar-refractivity contribution in [1.82, 2.24) is 9.88 Å². The Hall–Kier alpha value is -1.37. The van der Waals surface area contributed by atoms with Crippen LogP contribution in [0.4, 0.5) is 0 Å². The number of hydrogen-bond donors (Lipinski definition) is 1. The lowest BCUT2D eigenvalue weighted by molar-refractivity contribution is 0.0972. The van der Waals surface area contributed by atoms with Crippen molar-refractivity contribution in [3.8, 4) is 0 Å². The molecule has 1 unspecified atom stereocenters. The van der Waals surface area contributed by atoms with Crippen molar-refractivity contribution in [3.63, 3.8) is 0 Å². The van der Waals surface area contributed by atoms with E-state index in [1.54, 1.807) is 0 Å². The average Bonchev–Trinajstić information content (AvgIpc) is 2.76. The van der Waals surface area contributed by atoms with Crippen molar-refractivity contribution in [2.75, 3.05) is 5.75 Å². The molecule has 1 aromatic heterocycles. The number of carbonyl (C=O) groups excluding carboxylic acids is 1. The number of sulfonamides is 1. The first-order chi connectivity index (χ1) is 9.05. The van der Waals surface area contributed by atoms with Gasteiger partial charge in [0, 0.05) is 11.5 Å². The van der Waals surface area contributed by atoms with Crippen molar-refractivity contribution < 1.29 is 17.7 Å². The third-order valence-corrected chi connectivity index (χ3v) is 4.44. The normalized spacial score (nSPS) is 14.1. The van der Waals surface area contributed by atoms with Crippen molar-refractivity contribution in [3.05, 3.63) is 17.5 Å². The first-order valence-corrected chi connectivity index (χ1v) is 8.22. The van der Waals surface area contributed by atoms with Gasteiger partial charge in [0.15, 0.2) is 5.69 Å². The van der Waals surface area contributed by atoms with E-state index in [4.69, 9.17) is 4.52 Å². The monoisotopic (exact) mass is 302 g/mol. The maximum Gasteiger partial charge on any atom is 0.286 e. The zero-order valence-electron chi connectivity index (χ0n) is 12.6. The smallest absolute Gasteiger partial charge is 0.286 e. The molecule has 0 saturated heterocycles. The van der Waals surface area contributed by atoms with Crippen LogP contribution < -0.4 is 4.72 Å². The molecule has 6 nitrogen and oxygen atoms in total. The second-order valence-electron chi connectivity index (χ2n) is 6.05. The van der Waals surface area contributed by atoms with Crippen LogP contribution in [0.2, 0.25) is 0 Å². The molecular formula is C13H22N2O4S. The highest BCUT2D eigenvalue weighted by molar-refractivity contribution is 7.90. The summed E-state index contributed by atoms with van der Waals surface area (Å²) >= 11 is 0. The zero-order valence-corrected chi connectivity index (χ0v) is 13.4. The lowest BCUT2D eigenvalue weighted by atomic mass is 9.93.